The molecular weight excluding hydrogens is 252 g/mol. The summed E-state index contributed by atoms with van der Waals surface area (Å²) in [6.07, 6.45) is 4.06. The third-order valence-corrected chi connectivity index (χ3v) is 2.82. The van der Waals surface area contributed by atoms with Gasteiger partial charge < -0.3 is 14.2 Å². The number of rotatable bonds is 6. The molecule has 3 nitrogen and oxygen atoms in total. The first kappa shape index (κ1) is 14.2. The second-order valence-electron chi connectivity index (χ2n) is 4.20. The number of methoxy groups -OCH3 is 2. The zero-order valence-electron chi connectivity index (χ0n) is 11.7. The molecule has 2 aromatic carbocycles. The average molecular weight is 270 g/mol. The summed E-state index contributed by atoms with van der Waals surface area (Å²) >= 11 is 0. The minimum Gasteiger partial charge on any atom is -0.497 e. The molecule has 104 valence electrons. The molecule has 2 rings (SSSR count). The van der Waals surface area contributed by atoms with E-state index in [2.05, 4.69) is 0 Å². The maximum absolute atomic E-state index is 5.52. The lowest BCUT2D eigenvalue weighted by molar-refractivity contribution is 0.0510. The first-order valence-electron chi connectivity index (χ1n) is 6.36. The first-order valence-corrected chi connectivity index (χ1v) is 6.36. The number of ether oxygens (including phenoxy) is 3. The number of hydrogen-bond acceptors (Lipinski definition) is 3. The molecule has 0 bridgehead atoms. The van der Waals surface area contributed by atoms with Crippen LogP contribution in [0.4, 0.5) is 0 Å². The highest BCUT2D eigenvalue weighted by molar-refractivity contribution is 5.72. The van der Waals surface area contributed by atoms with E-state index in [1.807, 2.05) is 60.7 Å². The Morgan fingerprint density at radius 3 is 2.35 bits per heavy atom. The van der Waals surface area contributed by atoms with E-state index in [0.29, 0.717) is 0 Å². The summed E-state index contributed by atoms with van der Waals surface area (Å²) in [5, 5.41) is 0. The van der Waals surface area contributed by atoms with Gasteiger partial charge in [0.1, 0.15) is 11.5 Å². The predicted octanol–water partition coefficient (Wildman–Crippen LogP) is 3.85. The van der Waals surface area contributed by atoms with E-state index >= 15 is 0 Å². The number of para-hydroxylation sites is 1. The van der Waals surface area contributed by atoms with E-state index in [-0.39, 0.29) is 6.79 Å². The lowest BCUT2D eigenvalue weighted by Crippen LogP contribution is -1.99. The molecule has 0 aromatic heterocycles. The summed E-state index contributed by atoms with van der Waals surface area (Å²) < 4.78 is 15.6. The smallest absolute Gasteiger partial charge is 0.188 e. The molecular formula is C17H18O3. The third-order valence-electron chi connectivity index (χ3n) is 2.82. The monoisotopic (exact) mass is 270 g/mol. The Hall–Kier alpha value is -2.26. The maximum Gasteiger partial charge on any atom is 0.188 e. The van der Waals surface area contributed by atoms with Gasteiger partial charge in [-0.15, -0.1) is 0 Å². The Balaban J connectivity index is 2.13. The van der Waals surface area contributed by atoms with Crippen molar-refractivity contribution in [2.75, 3.05) is 21.0 Å². The highest BCUT2D eigenvalue weighted by Gasteiger charge is 1.99. The second-order valence-corrected chi connectivity index (χ2v) is 4.20. The van der Waals surface area contributed by atoms with Crippen LogP contribution in [0.25, 0.3) is 12.2 Å². The summed E-state index contributed by atoms with van der Waals surface area (Å²) in [6, 6.07) is 15.7. The van der Waals surface area contributed by atoms with Crippen LogP contribution in [-0.4, -0.2) is 21.0 Å². The van der Waals surface area contributed by atoms with Crippen LogP contribution >= 0.6 is 0 Å². The molecule has 0 radical (unpaired) electrons. The highest BCUT2D eigenvalue weighted by Crippen LogP contribution is 2.21. The molecule has 3 heteroatoms. The van der Waals surface area contributed by atoms with Gasteiger partial charge in [0.2, 0.25) is 0 Å². The fourth-order valence-corrected chi connectivity index (χ4v) is 1.77. The van der Waals surface area contributed by atoms with E-state index in [1.54, 1.807) is 14.2 Å². The third kappa shape index (κ3) is 3.87. The van der Waals surface area contributed by atoms with Crippen LogP contribution in [0.15, 0.2) is 48.5 Å². The van der Waals surface area contributed by atoms with E-state index in [4.69, 9.17) is 14.2 Å². The van der Waals surface area contributed by atoms with Gasteiger partial charge in [-0.1, -0.05) is 42.5 Å². The molecule has 0 aliphatic heterocycles. The van der Waals surface area contributed by atoms with Crippen LogP contribution in [0.5, 0.6) is 11.5 Å². The van der Waals surface area contributed by atoms with Crippen LogP contribution < -0.4 is 9.47 Å². The van der Waals surface area contributed by atoms with Crippen LogP contribution in [0, 0.1) is 0 Å². The van der Waals surface area contributed by atoms with Crippen molar-refractivity contribution in [1.29, 1.82) is 0 Å². The summed E-state index contributed by atoms with van der Waals surface area (Å²) in [5.74, 6) is 1.66. The SMILES string of the molecule is COCOc1ccccc1/C=C/c1ccc(OC)cc1. The Morgan fingerprint density at radius 2 is 1.65 bits per heavy atom. The molecule has 0 N–H and O–H groups in total. The average Bonchev–Trinajstić information content (AvgIpc) is 2.52. The fraction of sp³-hybridized carbons (Fsp3) is 0.176. The topological polar surface area (TPSA) is 27.7 Å². The lowest BCUT2D eigenvalue weighted by atomic mass is 10.1. The highest BCUT2D eigenvalue weighted by atomic mass is 16.7. The maximum atomic E-state index is 5.52. The van der Waals surface area contributed by atoms with E-state index in [9.17, 15) is 0 Å². The van der Waals surface area contributed by atoms with Gasteiger partial charge >= 0.3 is 0 Å². The van der Waals surface area contributed by atoms with Crippen molar-refractivity contribution in [2.24, 2.45) is 0 Å². The zero-order valence-corrected chi connectivity index (χ0v) is 11.7. The van der Waals surface area contributed by atoms with E-state index in [1.165, 1.54) is 0 Å². The summed E-state index contributed by atoms with van der Waals surface area (Å²) in [7, 11) is 3.27. The predicted molar refractivity (Wildman–Crippen MR) is 80.9 cm³/mol. The Kier molecular flexibility index (Phi) is 5.21. The van der Waals surface area contributed by atoms with Crippen molar-refractivity contribution in [3.63, 3.8) is 0 Å². The normalized spacial score (nSPS) is 10.7. The lowest BCUT2D eigenvalue weighted by Gasteiger charge is -2.07. The van der Waals surface area contributed by atoms with Crippen LogP contribution in [0.2, 0.25) is 0 Å². The van der Waals surface area contributed by atoms with Gasteiger partial charge in [-0.2, -0.15) is 0 Å². The standard InChI is InChI=1S/C17H18O3/c1-18-13-20-17-6-4-3-5-15(17)10-7-14-8-11-16(19-2)12-9-14/h3-12H,13H2,1-2H3/b10-7+. The molecule has 0 aliphatic rings. The number of hydrogen-bond donors (Lipinski definition) is 0. The van der Waals surface area contributed by atoms with E-state index in [0.717, 1.165) is 22.6 Å². The Bertz CT molecular complexity index is 559. The van der Waals surface area contributed by atoms with Gasteiger partial charge in [-0.25, -0.2) is 0 Å². The summed E-state index contributed by atoms with van der Waals surface area (Å²) in [4.78, 5) is 0. The Labute approximate surface area is 119 Å². The van der Waals surface area contributed by atoms with Crippen LogP contribution in [-0.2, 0) is 4.74 Å². The molecule has 0 spiro atoms. The molecule has 0 heterocycles. The summed E-state index contributed by atoms with van der Waals surface area (Å²) in [5.41, 5.74) is 2.12. The largest absolute Gasteiger partial charge is 0.497 e. The van der Waals surface area contributed by atoms with Gasteiger partial charge in [0.25, 0.3) is 0 Å². The van der Waals surface area contributed by atoms with Crippen molar-refractivity contribution >= 4 is 12.2 Å². The van der Waals surface area contributed by atoms with Crippen molar-refractivity contribution in [3.05, 3.63) is 59.7 Å². The molecule has 20 heavy (non-hydrogen) atoms. The van der Waals surface area contributed by atoms with Crippen LogP contribution in [0.1, 0.15) is 11.1 Å². The molecule has 2 aromatic rings. The quantitative estimate of drug-likeness (QED) is 0.589. The summed E-state index contributed by atoms with van der Waals surface area (Å²) in [6.45, 7) is 0.243. The van der Waals surface area contributed by atoms with Crippen molar-refractivity contribution < 1.29 is 14.2 Å². The van der Waals surface area contributed by atoms with Gasteiger partial charge in [0.15, 0.2) is 6.79 Å². The molecule has 0 saturated carbocycles. The fourth-order valence-electron chi connectivity index (χ4n) is 1.77. The van der Waals surface area contributed by atoms with E-state index < -0.39 is 0 Å². The molecule has 0 fully saturated rings. The van der Waals surface area contributed by atoms with Crippen LogP contribution in [0.3, 0.4) is 0 Å². The molecule has 0 aliphatic carbocycles. The van der Waals surface area contributed by atoms with Crippen molar-refractivity contribution in [2.45, 2.75) is 0 Å². The van der Waals surface area contributed by atoms with Crippen molar-refractivity contribution in [3.8, 4) is 11.5 Å². The second kappa shape index (κ2) is 7.36. The van der Waals surface area contributed by atoms with Gasteiger partial charge in [0, 0.05) is 12.7 Å². The molecule has 0 unspecified atom stereocenters. The van der Waals surface area contributed by atoms with Gasteiger partial charge in [0.05, 0.1) is 7.11 Å². The molecule has 0 amide bonds. The van der Waals surface area contributed by atoms with Crippen molar-refractivity contribution in [1.82, 2.24) is 0 Å². The minimum atomic E-state index is 0.243. The zero-order chi connectivity index (χ0) is 14.2. The Morgan fingerprint density at radius 1 is 0.900 bits per heavy atom. The minimum absolute atomic E-state index is 0.243. The molecule has 0 saturated heterocycles. The molecule has 0 atom stereocenters. The van der Waals surface area contributed by atoms with Gasteiger partial charge in [-0.3, -0.25) is 0 Å². The number of benzene rings is 2. The van der Waals surface area contributed by atoms with Gasteiger partial charge in [-0.05, 0) is 23.8 Å². The first-order chi connectivity index (χ1) is 9.83.